The molecule has 0 bridgehead atoms. The van der Waals surface area contributed by atoms with Crippen LogP contribution in [0.2, 0.25) is 5.02 Å². The van der Waals surface area contributed by atoms with Crippen molar-refractivity contribution < 1.29 is 9.53 Å². The van der Waals surface area contributed by atoms with Gasteiger partial charge < -0.3 is 4.74 Å². The number of halogens is 1. The van der Waals surface area contributed by atoms with Crippen LogP contribution in [0.3, 0.4) is 0 Å². The summed E-state index contributed by atoms with van der Waals surface area (Å²) in [7, 11) is 1.32. The normalized spacial score (nSPS) is 10.5. The van der Waals surface area contributed by atoms with Crippen molar-refractivity contribution in [3.63, 3.8) is 0 Å². The topological polar surface area (TPSA) is 39.2 Å². The Labute approximate surface area is 94.4 Å². The van der Waals surface area contributed by atoms with Crippen molar-refractivity contribution >= 4 is 17.6 Å². The van der Waals surface area contributed by atoms with Gasteiger partial charge in [-0.2, -0.15) is 0 Å². The Hall–Kier alpha value is -1.09. The Morgan fingerprint density at radius 1 is 1.53 bits per heavy atom. The Kier molecular flexibility index (Phi) is 3.69. The summed E-state index contributed by atoms with van der Waals surface area (Å²) >= 11 is 5.98. The summed E-state index contributed by atoms with van der Waals surface area (Å²) in [6.07, 6.45) is 0. The molecular weight excluding hydrogens is 214 g/mol. The molecule has 0 aliphatic rings. The second kappa shape index (κ2) is 4.62. The number of carbonyl (C=O) groups is 1. The van der Waals surface area contributed by atoms with E-state index >= 15 is 0 Å². The highest BCUT2D eigenvalue weighted by Gasteiger charge is 2.17. The summed E-state index contributed by atoms with van der Waals surface area (Å²) < 4.78 is 4.62. The van der Waals surface area contributed by atoms with Gasteiger partial charge in [-0.1, -0.05) is 25.4 Å². The molecule has 1 rings (SSSR count). The molecular formula is C11H14ClNO2. The van der Waals surface area contributed by atoms with Crippen LogP contribution in [0.1, 0.15) is 41.5 Å². The van der Waals surface area contributed by atoms with Crippen LogP contribution in [0.4, 0.5) is 0 Å². The number of pyridine rings is 1. The monoisotopic (exact) mass is 227 g/mol. The minimum Gasteiger partial charge on any atom is -0.464 e. The van der Waals surface area contributed by atoms with E-state index in [9.17, 15) is 4.79 Å². The zero-order chi connectivity index (χ0) is 11.6. The van der Waals surface area contributed by atoms with Crippen molar-refractivity contribution in [2.24, 2.45) is 0 Å². The average molecular weight is 228 g/mol. The molecule has 1 aromatic rings. The number of rotatable bonds is 2. The lowest BCUT2D eigenvalue weighted by molar-refractivity contribution is 0.0594. The number of hydrogen-bond donors (Lipinski definition) is 0. The van der Waals surface area contributed by atoms with Gasteiger partial charge in [0.2, 0.25) is 0 Å². The van der Waals surface area contributed by atoms with Gasteiger partial charge in [-0.15, -0.1) is 0 Å². The standard InChI is InChI=1S/C11H14ClNO2/c1-6(2)8-5-7(3)9(12)10(13-8)11(14)15-4/h5-6H,1-4H3. The third kappa shape index (κ3) is 2.48. The van der Waals surface area contributed by atoms with Gasteiger partial charge in [-0.05, 0) is 24.5 Å². The fourth-order valence-electron chi connectivity index (χ4n) is 1.21. The molecule has 0 aliphatic carbocycles. The maximum absolute atomic E-state index is 11.4. The number of hydrogen-bond acceptors (Lipinski definition) is 3. The summed E-state index contributed by atoms with van der Waals surface area (Å²) in [5.41, 5.74) is 1.89. The minimum atomic E-state index is -0.495. The number of esters is 1. The number of nitrogens with zero attached hydrogens (tertiary/aromatic N) is 1. The van der Waals surface area contributed by atoms with Crippen LogP contribution in [-0.4, -0.2) is 18.1 Å². The first-order valence-electron chi connectivity index (χ1n) is 4.72. The van der Waals surface area contributed by atoms with Crippen LogP contribution in [0.25, 0.3) is 0 Å². The Morgan fingerprint density at radius 2 is 2.13 bits per heavy atom. The van der Waals surface area contributed by atoms with Gasteiger partial charge in [0.05, 0.1) is 12.1 Å². The highest BCUT2D eigenvalue weighted by Crippen LogP contribution is 2.23. The molecule has 0 unspecified atom stereocenters. The third-order valence-corrected chi connectivity index (χ3v) is 2.61. The first-order valence-corrected chi connectivity index (χ1v) is 5.10. The van der Waals surface area contributed by atoms with E-state index in [1.165, 1.54) is 7.11 Å². The van der Waals surface area contributed by atoms with Gasteiger partial charge in [0.1, 0.15) is 0 Å². The molecule has 0 N–H and O–H groups in total. The molecule has 0 saturated carbocycles. The second-order valence-corrected chi connectivity index (χ2v) is 4.05. The number of carbonyl (C=O) groups excluding carboxylic acids is 1. The highest BCUT2D eigenvalue weighted by atomic mass is 35.5. The van der Waals surface area contributed by atoms with Gasteiger partial charge in [-0.25, -0.2) is 9.78 Å². The summed E-state index contributed by atoms with van der Waals surface area (Å²) in [5.74, 6) is -0.241. The van der Waals surface area contributed by atoms with Crippen LogP contribution < -0.4 is 0 Å². The molecule has 1 aromatic heterocycles. The lowest BCUT2D eigenvalue weighted by Gasteiger charge is -2.10. The molecule has 0 amide bonds. The molecule has 82 valence electrons. The van der Waals surface area contributed by atoms with Crippen molar-refractivity contribution in [1.29, 1.82) is 0 Å². The fourth-order valence-corrected chi connectivity index (χ4v) is 1.38. The maximum atomic E-state index is 11.4. The molecule has 0 radical (unpaired) electrons. The number of ether oxygens (including phenoxy) is 1. The van der Waals surface area contributed by atoms with Crippen molar-refractivity contribution in [3.8, 4) is 0 Å². The number of aromatic nitrogens is 1. The summed E-state index contributed by atoms with van der Waals surface area (Å²) in [6, 6.07) is 1.89. The summed E-state index contributed by atoms with van der Waals surface area (Å²) in [5, 5.41) is 0.367. The second-order valence-electron chi connectivity index (χ2n) is 3.67. The fraction of sp³-hybridized carbons (Fsp3) is 0.455. The van der Waals surface area contributed by atoms with E-state index in [0.717, 1.165) is 11.3 Å². The van der Waals surface area contributed by atoms with Crippen LogP contribution in [0.5, 0.6) is 0 Å². The third-order valence-electron chi connectivity index (χ3n) is 2.13. The Balaban J connectivity index is 3.31. The van der Waals surface area contributed by atoms with E-state index in [1.807, 2.05) is 26.8 Å². The molecule has 0 fully saturated rings. The van der Waals surface area contributed by atoms with Gasteiger partial charge in [0.25, 0.3) is 0 Å². The van der Waals surface area contributed by atoms with Gasteiger partial charge in [-0.3, -0.25) is 0 Å². The van der Waals surface area contributed by atoms with Crippen molar-refractivity contribution in [2.45, 2.75) is 26.7 Å². The molecule has 0 aromatic carbocycles. The lowest BCUT2D eigenvalue weighted by atomic mass is 10.1. The van der Waals surface area contributed by atoms with E-state index in [0.29, 0.717) is 5.02 Å². The summed E-state index contributed by atoms with van der Waals surface area (Å²) in [6.45, 7) is 5.87. The Morgan fingerprint density at radius 3 is 2.60 bits per heavy atom. The molecule has 0 spiro atoms. The van der Waals surface area contributed by atoms with Gasteiger partial charge in [0, 0.05) is 5.69 Å². The molecule has 3 nitrogen and oxygen atoms in total. The van der Waals surface area contributed by atoms with E-state index in [4.69, 9.17) is 11.6 Å². The van der Waals surface area contributed by atoms with Crippen LogP contribution in [0, 0.1) is 6.92 Å². The number of aryl methyl sites for hydroxylation is 1. The van der Waals surface area contributed by atoms with Crippen molar-refractivity contribution in [1.82, 2.24) is 4.98 Å². The first-order chi connectivity index (χ1) is 6.97. The maximum Gasteiger partial charge on any atom is 0.358 e. The molecule has 0 saturated heterocycles. The summed E-state index contributed by atoms with van der Waals surface area (Å²) in [4.78, 5) is 15.6. The highest BCUT2D eigenvalue weighted by molar-refractivity contribution is 6.34. The zero-order valence-corrected chi connectivity index (χ0v) is 10.1. The molecule has 15 heavy (non-hydrogen) atoms. The lowest BCUT2D eigenvalue weighted by Crippen LogP contribution is -2.09. The van der Waals surface area contributed by atoms with Crippen molar-refractivity contribution in [2.75, 3.05) is 7.11 Å². The smallest absolute Gasteiger partial charge is 0.358 e. The van der Waals surface area contributed by atoms with E-state index in [2.05, 4.69) is 9.72 Å². The van der Waals surface area contributed by atoms with Crippen molar-refractivity contribution in [3.05, 3.63) is 28.0 Å². The van der Waals surface area contributed by atoms with E-state index < -0.39 is 5.97 Å². The van der Waals surface area contributed by atoms with Crippen LogP contribution in [0.15, 0.2) is 6.07 Å². The predicted octanol–water partition coefficient (Wildman–Crippen LogP) is 2.95. The first kappa shape index (κ1) is 12.0. The largest absolute Gasteiger partial charge is 0.464 e. The molecule has 0 atom stereocenters. The van der Waals surface area contributed by atoms with E-state index in [1.54, 1.807) is 0 Å². The SMILES string of the molecule is COC(=O)c1nc(C(C)C)cc(C)c1Cl. The predicted molar refractivity (Wildman–Crippen MR) is 59.4 cm³/mol. The molecule has 0 aliphatic heterocycles. The van der Waals surface area contributed by atoms with Crippen LogP contribution in [-0.2, 0) is 4.74 Å². The zero-order valence-electron chi connectivity index (χ0n) is 9.30. The van der Waals surface area contributed by atoms with Gasteiger partial charge in [0.15, 0.2) is 5.69 Å². The van der Waals surface area contributed by atoms with Crippen LogP contribution >= 0.6 is 11.6 Å². The van der Waals surface area contributed by atoms with E-state index in [-0.39, 0.29) is 11.6 Å². The van der Waals surface area contributed by atoms with Gasteiger partial charge >= 0.3 is 5.97 Å². The minimum absolute atomic E-state index is 0.197. The Bertz CT molecular complexity index is 388. The average Bonchev–Trinajstić information content (AvgIpc) is 2.20. The molecule has 1 heterocycles. The molecule has 4 heteroatoms. The number of methoxy groups -OCH3 is 1. The quantitative estimate of drug-likeness (QED) is 0.730.